The third-order valence-electron chi connectivity index (χ3n) is 5.00. The van der Waals surface area contributed by atoms with Crippen LogP contribution in [-0.4, -0.2) is 53.6 Å². The lowest BCUT2D eigenvalue weighted by Gasteiger charge is -2.37. The van der Waals surface area contributed by atoms with E-state index in [4.69, 9.17) is 0 Å². The summed E-state index contributed by atoms with van der Waals surface area (Å²) >= 11 is 0. The summed E-state index contributed by atoms with van der Waals surface area (Å²) in [6.45, 7) is 7.41. The first-order valence-electron chi connectivity index (χ1n) is 9.66. The molecule has 2 aromatic rings. The molecule has 0 spiro atoms. The van der Waals surface area contributed by atoms with E-state index in [0.29, 0.717) is 37.3 Å². The third kappa shape index (κ3) is 4.53. The number of ketones is 1. The molecule has 0 saturated carbocycles. The highest BCUT2D eigenvalue weighted by molar-refractivity contribution is 6.15. The van der Waals surface area contributed by atoms with Crippen molar-refractivity contribution in [2.24, 2.45) is 5.41 Å². The van der Waals surface area contributed by atoms with Crippen molar-refractivity contribution in [1.82, 2.24) is 9.80 Å². The molecule has 3 rings (SSSR count). The van der Waals surface area contributed by atoms with E-state index in [0.717, 1.165) is 0 Å². The molecule has 0 atom stereocenters. The lowest BCUT2D eigenvalue weighted by molar-refractivity contribution is -0.140. The Morgan fingerprint density at radius 1 is 0.793 bits per heavy atom. The van der Waals surface area contributed by atoms with Crippen molar-refractivity contribution in [2.45, 2.75) is 20.8 Å². The molecule has 6 heteroatoms. The average molecular weight is 396 g/mol. The number of carbonyl (C=O) groups is 3. The number of hydrogen-bond acceptors (Lipinski definition) is 3. The Hall–Kier alpha value is -3.02. The fourth-order valence-corrected chi connectivity index (χ4v) is 3.38. The van der Waals surface area contributed by atoms with Gasteiger partial charge in [0.25, 0.3) is 5.91 Å². The number of benzene rings is 2. The zero-order valence-electron chi connectivity index (χ0n) is 16.9. The Kier molecular flexibility index (Phi) is 5.82. The average Bonchev–Trinajstić information content (AvgIpc) is 2.72. The van der Waals surface area contributed by atoms with Crippen molar-refractivity contribution in [3.63, 3.8) is 0 Å². The molecular weight excluding hydrogens is 371 g/mol. The van der Waals surface area contributed by atoms with Crippen LogP contribution in [0.15, 0.2) is 48.5 Å². The van der Waals surface area contributed by atoms with Gasteiger partial charge in [0, 0.05) is 42.7 Å². The van der Waals surface area contributed by atoms with E-state index in [1.165, 1.54) is 24.3 Å². The molecule has 152 valence electrons. The van der Waals surface area contributed by atoms with Gasteiger partial charge in [-0.05, 0) is 30.3 Å². The Labute approximate surface area is 170 Å². The summed E-state index contributed by atoms with van der Waals surface area (Å²) in [4.78, 5) is 41.9. The molecule has 0 bridgehead atoms. The molecule has 2 aromatic carbocycles. The molecule has 1 saturated heterocycles. The van der Waals surface area contributed by atoms with Crippen LogP contribution in [-0.2, 0) is 4.79 Å². The van der Waals surface area contributed by atoms with Gasteiger partial charge < -0.3 is 9.80 Å². The number of amides is 2. The van der Waals surface area contributed by atoms with Crippen LogP contribution in [0.4, 0.5) is 4.39 Å². The van der Waals surface area contributed by atoms with Crippen LogP contribution >= 0.6 is 0 Å². The summed E-state index contributed by atoms with van der Waals surface area (Å²) < 4.78 is 13.2. The van der Waals surface area contributed by atoms with Crippen LogP contribution in [0.25, 0.3) is 0 Å². The van der Waals surface area contributed by atoms with Crippen LogP contribution in [0, 0.1) is 11.2 Å². The van der Waals surface area contributed by atoms with Crippen molar-refractivity contribution in [3.05, 3.63) is 71.0 Å². The van der Waals surface area contributed by atoms with Crippen molar-refractivity contribution >= 4 is 17.6 Å². The summed E-state index contributed by atoms with van der Waals surface area (Å²) in [6, 6.07) is 11.9. The van der Waals surface area contributed by atoms with E-state index in [1.807, 2.05) is 20.8 Å². The van der Waals surface area contributed by atoms with Gasteiger partial charge in [0.2, 0.25) is 5.91 Å². The molecule has 1 aliphatic rings. The predicted octanol–water partition coefficient (Wildman–Crippen LogP) is 3.39. The molecule has 1 fully saturated rings. The van der Waals surface area contributed by atoms with Crippen molar-refractivity contribution in [3.8, 4) is 0 Å². The van der Waals surface area contributed by atoms with Gasteiger partial charge in [-0.3, -0.25) is 14.4 Å². The Morgan fingerprint density at radius 2 is 1.31 bits per heavy atom. The largest absolute Gasteiger partial charge is 0.339 e. The second-order valence-electron chi connectivity index (χ2n) is 8.22. The molecule has 0 radical (unpaired) electrons. The fraction of sp³-hybridized carbons (Fsp3) is 0.348. The lowest BCUT2D eigenvalue weighted by Crippen LogP contribution is -2.53. The lowest BCUT2D eigenvalue weighted by atomic mass is 9.94. The zero-order chi connectivity index (χ0) is 21.2. The van der Waals surface area contributed by atoms with Crippen molar-refractivity contribution in [2.75, 3.05) is 26.2 Å². The highest BCUT2D eigenvalue weighted by atomic mass is 19.1. The second kappa shape index (κ2) is 8.15. The number of rotatable bonds is 3. The van der Waals surface area contributed by atoms with Gasteiger partial charge in [-0.25, -0.2) is 4.39 Å². The third-order valence-corrected chi connectivity index (χ3v) is 5.00. The minimum absolute atomic E-state index is 0.0662. The summed E-state index contributed by atoms with van der Waals surface area (Å²) in [5, 5.41) is 0. The maximum absolute atomic E-state index is 13.2. The molecule has 1 aliphatic heterocycles. The first-order valence-corrected chi connectivity index (χ1v) is 9.66. The number of nitrogens with zero attached hydrogens (tertiary/aromatic N) is 2. The minimum Gasteiger partial charge on any atom is -0.339 e. The number of carbonyl (C=O) groups excluding carboxylic acids is 3. The first-order chi connectivity index (χ1) is 13.7. The first kappa shape index (κ1) is 20.7. The van der Waals surface area contributed by atoms with E-state index in [9.17, 15) is 18.8 Å². The van der Waals surface area contributed by atoms with Gasteiger partial charge in [-0.2, -0.15) is 0 Å². The van der Waals surface area contributed by atoms with Crippen LogP contribution in [0.1, 0.15) is 47.1 Å². The Bertz CT molecular complexity index is 924. The molecule has 5 nitrogen and oxygen atoms in total. The van der Waals surface area contributed by atoms with Gasteiger partial charge in [0.1, 0.15) is 5.82 Å². The van der Waals surface area contributed by atoms with Crippen LogP contribution in [0.5, 0.6) is 0 Å². The monoisotopic (exact) mass is 396 g/mol. The van der Waals surface area contributed by atoms with Gasteiger partial charge in [-0.1, -0.05) is 39.0 Å². The second-order valence-corrected chi connectivity index (χ2v) is 8.22. The highest BCUT2D eigenvalue weighted by Gasteiger charge is 2.31. The van der Waals surface area contributed by atoms with E-state index in [1.54, 1.807) is 34.1 Å². The molecule has 2 amide bonds. The summed E-state index contributed by atoms with van der Waals surface area (Å²) in [5.41, 5.74) is 0.474. The predicted molar refractivity (Wildman–Crippen MR) is 108 cm³/mol. The molecular formula is C23H25FN2O3. The Balaban J connectivity index is 1.77. The molecule has 0 aliphatic carbocycles. The maximum Gasteiger partial charge on any atom is 0.254 e. The SMILES string of the molecule is CC(C)(C)C(=O)N1CCN(C(=O)c2ccccc2C(=O)c2ccc(F)cc2)CC1. The van der Waals surface area contributed by atoms with E-state index in [-0.39, 0.29) is 23.2 Å². The van der Waals surface area contributed by atoms with Gasteiger partial charge >= 0.3 is 0 Å². The van der Waals surface area contributed by atoms with Crippen LogP contribution < -0.4 is 0 Å². The topological polar surface area (TPSA) is 57.7 Å². The standard InChI is InChI=1S/C23H25FN2O3/c1-23(2,3)22(29)26-14-12-25(13-15-26)21(28)19-7-5-4-6-18(19)20(27)16-8-10-17(24)11-9-16/h4-11H,12-15H2,1-3H3. The molecule has 29 heavy (non-hydrogen) atoms. The smallest absolute Gasteiger partial charge is 0.254 e. The normalized spacial score (nSPS) is 14.6. The minimum atomic E-state index is -0.458. The van der Waals surface area contributed by atoms with Crippen molar-refractivity contribution in [1.29, 1.82) is 0 Å². The number of hydrogen-bond donors (Lipinski definition) is 0. The summed E-state index contributed by atoms with van der Waals surface area (Å²) in [6.07, 6.45) is 0. The Morgan fingerprint density at radius 3 is 1.86 bits per heavy atom. The molecule has 0 N–H and O–H groups in total. The maximum atomic E-state index is 13.2. The summed E-state index contributed by atoms with van der Waals surface area (Å²) in [7, 11) is 0. The van der Waals surface area contributed by atoms with Gasteiger partial charge in [0.15, 0.2) is 5.78 Å². The molecule has 0 unspecified atom stereocenters. The van der Waals surface area contributed by atoms with Crippen LogP contribution in [0.3, 0.4) is 0 Å². The fourth-order valence-electron chi connectivity index (χ4n) is 3.38. The molecule has 1 heterocycles. The van der Waals surface area contributed by atoms with E-state index in [2.05, 4.69) is 0 Å². The molecule has 0 aromatic heterocycles. The highest BCUT2D eigenvalue weighted by Crippen LogP contribution is 2.21. The number of piperazine rings is 1. The number of halogens is 1. The van der Waals surface area contributed by atoms with Gasteiger partial charge in [0.05, 0.1) is 5.56 Å². The summed E-state index contributed by atoms with van der Waals surface area (Å²) in [5.74, 6) is -0.917. The van der Waals surface area contributed by atoms with Crippen molar-refractivity contribution < 1.29 is 18.8 Å². The van der Waals surface area contributed by atoms with Gasteiger partial charge in [-0.15, -0.1) is 0 Å². The van der Waals surface area contributed by atoms with E-state index < -0.39 is 11.2 Å². The quantitative estimate of drug-likeness (QED) is 0.748. The zero-order valence-corrected chi connectivity index (χ0v) is 16.9. The van der Waals surface area contributed by atoms with Crippen LogP contribution in [0.2, 0.25) is 0 Å². The van der Waals surface area contributed by atoms with E-state index >= 15 is 0 Å².